The van der Waals surface area contributed by atoms with Crippen molar-refractivity contribution in [3.8, 4) is 0 Å². The molecule has 0 saturated carbocycles. The number of hydrogen-bond acceptors (Lipinski definition) is 2. The van der Waals surface area contributed by atoms with Crippen molar-refractivity contribution in [2.45, 2.75) is 40.5 Å². The average Bonchev–Trinajstić information content (AvgIpc) is 2.27. The molecule has 0 bridgehead atoms. The van der Waals surface area contributed by atoms with E-state index in [4.69, 9.17) is 5.73 Å². The van der Waals surface area contributed by atoms with Crippen LogP contribution in [0.1, 0.15) is 44.7 Å². The summed E-state index contributed by atoms with van der Waals surface area (Å²) >= 11 is 0. The highest BCUT2D eigenvalue weighted by atomic mass is 15.1. The van der Waals surface area contributed by atoms with Crippen LogP contribution in [-0.2, 0) is 0 Å². The quantitative estimate of drug-likeness (QED) is 0.834. The summed E-state index contributed by atoms with van der Waals surface area (Å²) in [6, 6.07) is 6.60. The van der Waals surface area contributed by atoms with Gasteiger partial charge < -0.3 is 10.6 Å². The molecule has 0 radical (unpaired) electrons. The van der Waals surface area contributed by atoms with E-state index in [-0.39, 0.29) is 0 Å². The first-order chi connectivity index (χ1) is 8.47. The molecule has 0 aliphatic heterocycles. The van der Waals surface area contributed by atoms with E-state index in [1.54, 1.807) is 0 Å². The molecule has 1 aromatic rings. The van der Waals surface area contributed by atoms with Crippen LogP contribution in [0.4, 0.5) is 5.69 Å². The lowest BCUT2D eigenvalue weighted by Gasteiger charge is -2.31. The predicted molar refractivity (Wildman–Crippen MR) is 81.4 cm³/mol. The highest BCUT2D eigenvalue weighted by molar-refractivity contribution is 5.60. The predicted octanol–water partition coefficient (Wildman–Crippen LogP) is 3.54. The Balaban J connectivity index is 3.16. The largest absolute Gasteiger partial charge is 0.370 e. The third-order valence-corrected chi connectivity index (χ3v) is 3.19. The van der Waals surface area contributed by atoms with E-state index in [1.165, 1.54) is 16.8 Å². The standard InChI is InChI=1S/C16H28N2/c1-12(2)11-18(10-9-17)16-14(5)7-6-8-15(16)13(3)4/h6-8,12-13H,9-11,17H2,1-5H3. The van der Waals surface area contributed by atoms with Gasteiger partial charge in [-0.3, -0.25) is 0 Å². The summed E-state index contributed by atoms with van der Waals surface area (Å²) in [7, 11) is 0. The zero-order chi connectivity index (χ0) is 13.7. The van der Waals surface area contributed by atoms with Gasteiger partial charge in [-0.15, -0.1) is 0 Å². The lowest BCUT2D eigenvalue weighted by molar-refractivity contribution is 0.608. The molecular weight excluding hydrogens is 220 g/mol. The maximum Gasteiger partial charge on any atom is 0.0431 e. The molecule has 1 aromatic carbocycles. The lowest BCUT2D eigenvalue weighted by atomic mass is 9.96. The monoisotopic (exact) mass is 248 g/mol. The Labute approximate surface area is 112 Å². The first-order valence-corrected chi connectivity index (χ1v) is 7.01. The molecule has 0 spiro atoms. The SMILES string of the molecule is Cc1cccc(C(C)C)c1N(CCN)CC(C)C. The topological polar surface area (TPSA) is 29.3 Å². The Morgan fingerprint density at radius 2 is 1.83 bits per heavy atom. The van der Waals surface area contributed by atoms with Crippen LogP contribution in [0, 0.1) is 12.8 Å². The molecule has 2 nitrogen and oxygen atoms in total. The molecule has 0 amide bonds. The zero-order valence-corrected chi connectivity index (χ0v) is 12.5. The van der Waals surface area contributed by atoms with Gasteiger partial charge in [0.25, 0.3) is 0 Å². The highest BCUT2D eigenvalue weighted by Crippen LogP contribution is 2.31. The molecule has 0 unspecified atom stereocenters. The van der Waals surface area contributed by atoms with Gasteiger partial charge in [0.1, 0.15) is 0 Å². The lowest BCUT2D eigenvalue weighted by Crippen LogP contribution is -2.34. The number of nitrogens with two attached hydrogens (primary N) is 1. The van der Waals surface area contributed by atoms with Gasteiger partial charge in [-0.25, -0.2) is 0 Å². The molecule has 0 aromatic heterocycles. The first-order valence-electron chi connectivity index (χ1n) is 7.01. The van der Waals surface area contributed by atoms with Crippen molar-refractivity contribution in [3.63, 3.8) is 0 Å². The Bertz CT molecular complexity index is 369. The van der Waals surface area contributed by atoms with Crippen LogP contribution in [0.3, 0.4) is 0 Å². The van der Waals surface area contributed by atoms with E-state index in [1.807, 2.05) is 0 Å². The minimum Gasteiger partial charge on any atom is -0.370 e. The molecule has 102 valence electrons. The summed E-state index contributed by atoms with van der Waals surface area (Å²) in [4.78, 5) is 2.45. The number of benzene rings is 1. The Hall–Kier alpha value is -1.02. The molecule has 0 aliphatic rings. The first kappa shape index (κ1) is 15.0. The average molecular weight is 248 g/mol. The molecule has 2 heteroatoms. The van der Waals surface area contributed by atoms with E-state index < -0.39 is 0 Å². The Morgan fingerprint density at radius 3 is 2.33 bits per heavy atom. The maximum atomic E-state index is 5.78. The van der Waals surface area contributed by atoms with Crippen molar-refractivity contribution in [2.75, 3.05) is 24.5 Å². The minimum atomic E-state index is 0.548. The fourth-order valence-electron chi connectivity index (χ4n) is 2.47. The van der Waals surface area contributed by atoms with Gasteiger partial charge in [-0.2, -0.15) is 0 Å². The van der Waals surface area contributed by atoms with Crippen LogP contribution in [0.2, 0.25) is 0 Å². The normalized spacial score (nSPS) is 11.3. The zero-order valence-electron chi connectivity index (χ0n) is 12.5. The number of nitrogens with zero attached hydrogens (tertiary/aromatic N) is 1. The molecule has 2 N–H and O–H groups in total. The van der Waals surface area contributed by atoms with E-state index in [0.717, 1.165) is 13.1 Å². The van der Waals surface area contributed by atoms with Crippen molar-refractivity contribution < 1.29 is 0 Å². The molecule has 0 saturated heterocycles. The van der Waals surface area contributed by atoms with Gasteiger partial charge in [0, 0.05) is 25.3 Å². The summed E-state index contributed by atoms with van der Waals surface area (Å²) in [5, 5.41) is 0. The minimum absolute atomic E-state index is 0.548. The molecule has 0 fully saturated rings. The molecule has 0 atom stereocenters. The van der Waals surface area contributed by atoms with E-state index in [9.17, 15) is 0 Å². The van der Waals surface area contributed by atoms with Crippen molar-refractivity contribution in [2.24, 2.45) is 11.7 Å². The van der Waals surface area contributed by atoms with Crippen LogP contribution < -0.4 is 10.6 Å². The van der Waals surface area contributed by atoms with Crippen molar-refractivity contribution >= 4 is 5.69 Å². The second-order valence-electron chi connectivity index (χ2n) is 5.80. The van der Waals surface area contributed by atoms with Crippen LogP contribution in [-0.4, -0.2) is 19.6 Å². The number of para-hydroxylation sites is 1. The summed E-state index contributed by atoms with van der Waals surface area (Å²) in [5.74, 6) is 1.20. The second-order valence-corrected chi connectivity index (χ2v) is 5.80. The third-order valence-electron chi connectivity index (χ3n) is 3.19. The Morgan fingerprint density at radius 1 is 1.17 bits per heavy atom. The third kappa shape index (κ3) is 3.74. The number of aryl methyl sites for hydroxylation is 1. The van der Waals surface area contributed by atoms with Gasteiger partial charge in [0.15, 0.2) is 0 Å². The summed E-state index contributed by atoms with van der Waals surface area (Å²) in [5.41, 5.74) is 9.96. The summed E-state index contributed by atoms with van der Waals surface area (Å²) < 4.78 is 0. The van der Waals surface area contributed by atoms with Crippen LogP contribution in [0.25, 0.3) is 0 Å². The van der Waals surface area contributed by atoms with Crippen molar-refractivity contribution in [1.82, 2.24) is 0 Å². The van der Waals surface area contributed by atoms with E-state index >= 15 is 0 Å². The fraction of sp³-hybridized carbons (Fsp3) is 0.625. The Kier molecular flexibility index (Phi) is 5.67. The van der Waals surface area contributed by atoms with Crippen LogP contribution in [0.5, 0.6) is 0 Å². The molecule has 18 heavy (non-hydrogen) atoms. The molecule has 0 heterocycles. The number of hydrogen-bond donors (Lipinski definition) is 1. The molecule has 0 aliphatic carbocycles. The number of anilines is 1. The highest BCUT2D eigenvalue weighted by Gasteiger charge is 2.16. The second kappa shape index (κ2) is 6.79. The van der Waals surface area contributed by atoms with E-state index in [0.29, 0.717) is 18.4 Å². The number of rotatable bonds is 6. The van der Waals surface area contributed by atoms with Gasteiger partial charge >= 0.3 is 0 Å². The fourth-order valence-corrected chi connectivity index (χ4v) is 2.47. The van der Waals surface area contributed by atoms with Crippen molar-refractivity contribution in [3.05, 3.63) is 29.3 Å². The van der Waals surface area contributed by atoms with Crippen LogP contribution >= 0.6 is 0 Å². The summed E-state index contributed by atoms with van der Waals surface area (Å²) in [6.45, 7) is 13.9. The van der Waals surface area contributed by atoms with Gasteiger partial charge in [0.2, 0.25) is 0 Å². The van der Waals surface area contributed by atoms with Gasteiger partial charge in [-0.1, -0.05) is 45.9 Å². The van der Waals surface area contributed by atoms with E-state index in [2.05, 4.69) is 57.7 Å². The summed E-state index contributed by atoms with van der Waals surface area (Å²) in [6.07, 6.45) is 0. The van der Waals surface area contributed by atoms with Gasteiger partial charge in [-0.05, 0) is 29.9 Å². The maximum absolute atomic E-state index is 5.78. The molecule has 1 rings (SSSR count). The molecular formula is C16H28N2. The van der Waals surface area contributed by atoms with Crippen LogP contribution in [0.15, 0.2) is 18.2 Å². The van der Waals surface area contributed by atoms with Gasteiger partial charge in [0.05, 0.1) is 0 Å². The van der Waals surface area contributed by atoms with Crippen molar-refractivity contribution in [1.29, 1.82) is 0 Å². The smallest absolute Gasteiger partial charge is 0.0431 e.